The molecular formula is C16H14FIN2O4. The first-order chi connectivity index (χ1) is 11.5. The molecule has 2 rings (SSSR count). The number of nitrogens with one attached hydrogen (secondary N) is 1. The molecule has 126 valence electrons. The molecule has 1 amide bonds. The number of amides is 1. The Bertz CT molecular complexity index is 750. The lowest BCUT2D eigenvalue weighted by Gasteiger charge is -2.13. The van der Waals surface area contributed by atoms with E-state index in [2.05, 4.69) is 10.5 Å². The third kappa shape index (κ3) is 4.82. The zero-order chi connectivity index (χ0) is 17.5. The summed E-state index contributed by atoms with van der Waals surface area (Å²) in [4.78, 5) is 11.9. The SMILES string of the molecule is COc1cc(/C=N/O)cc(I)c1OCC(=O)Nc1ccc(F)cc1. The minimum atomic E-state index is -0.388. The highest BCUT2D eigenvalue weighted by atomic mass is 127. The highest BCUT2D eigenvalue weighted by molar-refractivity contribution is 14.1. The average molecular weight is 444 g/mol. The van der Waals surface area contributed by atoms with E-state index in [9.17, 15) is 9.18 Å². The lowest BCUT2D eigenvalue weighted by Crippen LogP contribution is -2.20. The number of hydrogen-bond acceptors (Lipinski definition) is 5. The monoisotopic (exact) mass is 444 g/mol. The van der Waals surface area contributed by atoms with E-state index in [0.29, 0.717) is 26.3 Å². The van der Waals surface area contributed by atoms with Gasteiger partial charge in [0.1, 0.15) is 5.82 Å². The maximum atomic E-state index is 12.8. The van der Waals surface area contributed by atoms with Crippen molar-refractivity contribution in [3.63, 3.8) is 0 Å². The molecule has 0 heterocycles. The third-order valence-electron chi connectivity index (χ3n) is 2.93. The second-order valence-electron chi connectivity index (χ2n) is 4.62. The molecule has 0 saturated heterocycles. The molecule has 0 fully saturated rings. The van der Waals surface area contributed by atoms with Gasteiger partial charge in [0.15, 0.2) is 18.1 Å². The van der Waals surface area contributed by atoms with Crippen molar-refractivity contribution in [1.29, 1.82) is 0 Å². The number of hydrogen-bond donors (Lipinski definition) is 2. The average Bonchev–Trinajstić information content (AvgIpc) is 2.56. The molecule has 2 aromatic carbocycles. The van der Waals surface area contributed by atoms with Crippen LogP contribution < -0.4 is 14.8 Å². The van der Waals surface area contributed by atoms with Gasteiger partial charge in [-0.3, -0.25) is 4.79 Å². The number of methoxy groups -OCH3 is 1. The van der Waals surface area contributed by atoms with Gasteiger partial charge in [0.05, 0.1) is 16.9 Å². The third-order valence-corrected chi connectivity index (χ3v) is 3.74. The van der Waals surface area contributed by atoms with E-state index < -0.39 is 0 Å². The van der Waals surface area contributed by atoms with Crippen molar-refractivity contribution in [2.24, 2.45) is 5.16 Å². The fraction of sp³-hybridized carbons (Fsp3) is 0.125. The number of benzene rings is 2. The van der Waals surface area contributed by atoms with Crippen LogP contribution in [-0.2, 0) is 4.79 Å². The normalized spacial score (nSPS) is 10.6. The van der Waals surface area contributed by atoms with E-state index in [1.165, 1.54) is 37.6 Å². The van der Waals surface area contributed by atoms with Gasteiger partial charge < -0.3 is 20.0 Å². The van der Waals surface area contributed by atoms with Gasteiger partial charge in [-0.05, 0) is 59.0 Å². The van der Waals surface area contributed by atoms with Crippen molar-refractivity contribution in [1.82, 2.24) is 0 Å². The lowest BCUT2D eigenvalue weighted by molar-refractivity contribution is -0.118. The molecule has 8 heteroatoms. The summed E-state index contributed by atoms with van der Waals surface area (Å²) in [5.74, 6) is 0.0457. The predicted molar refractivity (Wildman–Crippen MR) is 95.6 cm³/mol. The Morgan fingerprint density at radius 2 is 2.08 bits per heavy atom. The summed E-state index contributed by atoms with van der Waals surface area (Å²) in [6, 6.07) is 8.76. The molecule has 24 heavy (non-hydrogen) atoms. The van der Waals surface area contributed by atoms with Gasteiger partial charge in [-0.1, -0.05) is 5.16 Å². The number of ether oxygens (including phenoxy) is 2. The summed E-state index contributed by atoms with van der Waals surface area (Å²) in [5.41, 5.74) is 1.10. The smallest absolute Gasteiger partial charge is 0.262 e. The number of halogens is 2. The van der Waals surface area contributed by atoms with Crippen molar-refractivity contribution >= 4 is 40.4 Å². The van der Waals surface area contributed by atoms with Crippen LogP contribution in [0.15, 0.2) is 41.6 Å². The number of anilines is 1. The number of carbonyl (C=O) groups excluding carboxylic acids is 1. The van der Waals surface area contributed by atoms with Gasteiger partial charge in [0.2, 0.25) is 0 Å². The van der Waals surface area contributed by atoms with Crippen LogP contribution in [0, 0.1) is 9.39 Å². The van der Waals surface area contributed by atoms with E-state index in [0.717, 1.165) is 0 Å². The maximum absolute atomic E-state index is 12.8. The van der Waals surface area contributed by atoms with Crippen LogP contribution in [0.2, 0.25) is 0 Å². The molecule has 0 aliphatic heterocycles. The number of oxime groups is 1. The van der Waals surface area contributed by atoms with Crippen LogP contribution in [-0.4, -0.2) is 31.0 Å². The Labute approximate surface area is 151 Å². The van der Waals surface area contributed by atoms with E-state index in [1.807, 2.05) is 22.6 Å². The van der Waals surface area contributed by atoms with Gasteiger partial charge >= 0.3 is 0 Å². The Morgan fingerprint density at radius 3 is 2.71 bits per heavy atom. The van der Waals surface area contributed by atoms with Crippen LogP contribution >= 0.6 is 22.6 Å². The zero-order valence-electron chi connectivity index (χ0n) is 12.6. The minimum Gasteiger partial charge on any atom is -0.493 e. The van der Waals surface area contributed by atoms with Crippen LogP contribution in [0.3, 0.4) is 0 Å². The molecule has 0 aliphatic rings. The number of rotatable bonds is 6. The minimum absolute atomic E-state index is 0.239. The van der Waals surface area contributed by atoms with E-state index >= 15 is 0 Å². The summed E-state index contributed by atoms with van der Waals surface area (Å²) in [6.07, 6.45) is 1.26. The van der Waals surface area contributed by atoms with Crippen LogP contribution in [0.1, 0.15) is 5.56 Å². The first-order valence-electron chi connectivity index (χ1n) is 6.76. The van der Waals surface area contributed by atoms with Crippen molar-refractivity contribution in [3.8, 4) is 11.5 Å². The first-order valence-corrected chi connectivity index (χ1v) is 7.84. The van der Waals surface area contributed by atoms with Gasteiger partial charge in [-0.25, -0.2) is 4.39 Å². The Morgan fingerprint density at radius 1 is 1.38 bits per heavy atom. The Hall–Kier alpha value is -2.36. The molecule has 0 aromatic heterocycles. The summed E-state index contributed by atoms with van der Waals surface area (Å²) in [5, 5.41) is 14.2. The summed E-state index contributed by atoms with van der Waals surface area (Å²) >= 11 is 2.03. The van der Waals surface area contributed by atoms with E-state index in [-0.39, 0.29) is 18.3 Å². The largest absolute Gasteiger partial charge is 0.493 e. The van der Waals surface area contributed by atoms with Crippen molar-refractivity contribution in [2.45, 2.75) is 0 Å². The second kappa shape index (κ2) is 8.48. The Balaban J connectivity index is 2.05. The lowest BCUT2D eigenvalue weighted by atomic mass is 10.2. The molecule has 0 spiro atoms. The van der Waals surface area contributed by atoms with E-state index in [1.54, 1.807) is 12.1 Å². The Kier molecular flexibility index (Phi) is 6.36. The molecular weight excluding hydrogens is 430 g/mol. The topological polar surface area (TPSA) is 80.2 Å². The molecule has 0 aliphatic carbocycles. The van der Waals surface area contributed by atoms with Crippen molar-refractivity contribution < 1.29 is 23.9 Å². The second-order valence-corrected chi connectivity index (χ2v) is 5.78. The molecule has 0 radical (unpaired) electrons. The summed E-state index contributed by atoms with van der Waals surface area (Å²) in [7, 11) is 1.47. The van der Waals surface area contributed by atoms with E-state index in [4.69, 9.17) is 14.7 Å². The van der Waals surface area contributed by atoms with Gasteiger partial charge in [-0.2, -0.15) is 0 Å². The fourth-order valence-corrected chi connectivity index (χ4v) is 2.67. The van der Waals surface area contributed by atoms with Gasteiger partial charge in [-0.15, -0.1) is 0 Å². The highest BCUT2D eigenvalue weighted by Gasteiger charge is 2.13. The number of carbonyl (C=O) groups is 1. The maximum Gasteiger partial charge on any atom is 0.262 e. The molecule has 2 N–H and O–H groups in total. The quantitative estimate of drug-likeness (QED) is 0.310. The van der Waals surface area contributed by atoms with Crippen LogP contribution in [0.25, 0.3) is 0 Å². The number of nitrogens with zero attached hydrogens (tertiary/aromatic N) is 1. The molecule has 0 atom stereocenters. The molecule has 0 bridgehead atoms. The fourth-order valence-electron chi connectivity index (χ4n) is 1.89. The van der Waals surface area contributed by atoms with Crippen molar-refractivity contribution in [3.05, 3.63) is 51.3 Å². The van der Waals surface area contributed by atoms with Gasteiger partial charge in [0.25, 0.3) is 5.91 Å². The van der Waals surface area contributed by atoms with Crippen LogP contribution in [0.4, 0.5) is 10.1 Å². The molecule has 0 saturated carbocycles. The molecule has 2 aromatic rings. The molecule has 6 nitrogen and oxygen atoms in total. The summed E-state index contributed by atoms with van der Waals surface area (Å²) in [6.45, 7) is -0.239. The van der Waals surface area contributed by atoms with Gasteiger partial charge in [0, 0.05) is 11.3 Å². The van der Waals surface area contributed by atoms with Crippen LogP contribution in [0.5, 0.6) is 11.5 Å². The first kappa shape index (κ1) is 18.0. The predicted octanol–water partition coefficient (Wildman–Crippen LogP) is 3.26. The highest BCUT2D eigenvalue weighted by Crippen LogP contribution is 2.33. The van der Waals surface area contributed by atoms with Crippen molar-refractivity contribution in [2.75, 3.05) is 19.0 Å². The standard InChI is InChI=1S/C16H14FIN2O4/c1-23-14-7-10(8-19-22)6-13(18)16(14)24-9-15(21)20-12-4-2-11(17)3-5-12/h2-8,22H,9H2,1H3,(H,20,21)/b19-8+. The molecule has 0 unspecified atom stereocenters. The summed E-state index contributed by atoms with van der Waals surface area (Å²) < 4.78 is 24.3. The zero-order valence-corrected chi connectivity index (χ0v) is 14.8.